The minimum atomic E-state index is -4.35. The van der Waals surface area contributed by atoms with Gasteiger partial charge >= 0.3 is 41.5 Å². The van der Waals surface area contributed by atoms with Gasteiger partial charge in [0.25, 0.3) is 0 Å². The van der Waals surface area contributed by atoms with E-state index in [0.29, 0.717) is 6.61 Å². The predicted octanol–water partition coefficient (Wildman–Crippen LogP) is 2.64. The minimum Gasteiger partial charge on any atom is -0.748 e. The summed E-state index contributed by atoms with van der Waals surface area (Å²) in [5.74, 6) is -1.95. The van der Waals surface area contributed by atoms with Gasteiger partial charge in [0.1, 0.15) is 0 Å². The number of ether oxygens (including phenoxy) is 2. The molecule has 0 fully saturated rings. The average Bonchev–Trinajstić information content (AvgIpc) is 2.79. The van der Waals surface area contributed by atoms with Crippen LogP contribution in [0, 0.1) is 0 Å². The van der Waals surface area contributed by atoms with Gasteiger partial charge in [-0.2, -0.15) is 0 Å². The molecule has 0 saturated carbocycles. The average molecular weight is 507 g/mol. The van der Waals surface area contributed by atoms with Crippen LogP contribution in [-0.4, -0.2) is 43.9 Å². The molecule has 0 aliphatic rings. The fraction of sp³-hybridized carbons (Fsp3) is 0.680. The zero-order valence-corrected chi connectivity index (χ0v) is 23.7. The van der Waals surface area contributed by atoms with E-state index < -0.39 is 27.8 Å². The molecule has 0 spiro atoms. The van der Waals surface area contributed by atoms with Gasteiger partial charge in [0, 0.05) is 5.75 Å². The third kappa shape index (κ3) is 16.7. The number of unbranched alkanes of at least 4 members (excludes halogenated alkanes) is 11. The SMILES string of the molecule is CCCCCCCCCCCCCCOC(=O)c1ccccc1C(=O)OCCCS(=O)(=O)[O-].[Na+]. The zero-order valence-electron chi connectivity index (χ0n) is 20.9. The van der Waals surface area contributed by atoms with Crippen LogP contribution in [0.25, 0.3) is 0 Å². The maximum absolute atomic E-state index is 12.4. The molecule has 0 aliphatic heterocycles. The van der Waals surface area contributed by atoms with E-state index in [1.165, 1.54) is 69.9 Å². The number of carbonyl (C=O) groups excluding carboxylic acids is 2. The molecule has 0 heterocycles. The molecule has 0 aliphatic carbocycles. The number of rotatable bonds is 19. The van der Waals surface area contributed by atoms with Crippen molar-refractivity contribution in [2.45, 2.75) is 90.4 Å². The summed E-state index contributed by atoms with van der Waals surface area (Å²) < 4.78 is 42.1. The van der Waals surface area contributed by atoms with Crippen LogP contribution in [0.2, 0.25) is 0 Å². The monoisotopic (exact) mass is 506 g/mol. The van der Waals surface area contributed by atoms with Crippen LogP contribution >= 0.6 is 0 Å². The Labute approximate surface area is 227 Å². The van der Waals surface area contributed by atoms with Crippen LogP contribution in [0.5, 0.6) is 0 Å². The second-order valence-electron chi connectivity index (χ2n) is 8.32. The molecule has 1 rings (SSSR count). The van der Waals surface area contributed by atoms with E-state index in [1.807, 2.05) is 0 Å². The number of esters is 2. The first-order chi connectivity index (χ1) is 15.8. The number of carbonyl (C=O) groups is 2. The van der Waals surface area contributed by atoms with Crippen molar-refractivity contribution in [3.8, 4) is 0 Å². The number of benzene rings is 1. The van der Waals surface area contributed by atoms with E-state index in [-0.39, 0.29) is 53.7 Å². The second kappa shape index (κ2) is 20.3. The van der Waals surface area contributed by atoms with Crippen LogP contribution in [0.1, 0.15) is 111 Å². The van der Waals surface area contributed by atoms with E-state index in [1.54, 1.807) is 12.1 Å². The van der Waals surface area contributed by atoms with Crippen molar-refractivity contribution < 1.29 is 61.6 Å². The van der Waals surface area contributed by atoms with Gasteiger partial charge in [-0.05, 0) is 25.0 Å². The normalized spacial score (nSPS) is 11.0. The molecule has 0 amide bonds. The molecule has 1 aromatic rings. The Kier molecular flexibility index (Phi) is 19.7. The first-order valence-electron chi connectivity index (χ1n) is 12.2. The quantitative estimate of drug-likeness (QED) is 0.123. The van der Waals surface area contributed by atoms with Crippen LogP contribution in [-0.2, 0) is 19.6 Å². The van der Waals surface area contributed by atoms with Crippen molar-refractivity contribution >= 4 is 22.1 Å². The second-order valence-corrected chi connectivity index (χ2v) is 9.85. The summed E-state index contributed by atoms with van der Waals surface area (Å²) in [7, 11) is -4.35. The van der Waals surface area contributed by atoms with E-state index in [9.17, 15) is 22.6 Å². The molecule has 0 unspecified atom stereocenters. The van der Waals surface area contributed by atoms with Crippen LogP contribution < -0.4 is 29.6 Å². The zero-order chi connectivity index (χ0) is 24.4. The fourth-order valence-electron chi connectivity index (χ4n) is 3.50. The van der Waals surface area contributed by atoms with Gasteiger partial charge in [-0.3, -0.25) is 0 Å². The molecule has 34 heavy (non-hydrogen) atoms. The van der Waals surface area contributed by atoms with Crippen molar-refractivity contribution in [3.05, 3.63) is 35.4 Å². The molecular weight excluding hydrogens is 467 g/mol. The standard InChI is InChI=1S/C25H40O7S.Na/c1-2-3-4-5-6-7-8-9-10-11-12-15-19-31-24(26)22-17-13-14-18-23(22)25(27)32-20-16-21-33(28,29)30;/h13-14,17-18H,2-12,15-16,19-21H2,1H3,(H,28,29,30);/q;+1/p-1. The molecule has 0 aromatic heterocycles. The largest absolute Gasteiger partial charge is 1.00 e. The third-order valence-electron chi connectivity index (χ3n) is 5.37. The predicted molar refractivity (Wildman–Crippen MR) is 127 cm³/mol. The van der Waals surface area contributed by atoms with Gasteiger partial charge < -0.3 is 14.0 Å². The Bertz CT molecular complexity index is 796. The Balaban J connectivity index is 0.0000109. The Morgan fingerprint density at radius 1 is 0.706 bits per heavy atom. The number of hydrogen-bond donors (Lipinski definition) is 0. The Hall–Kier alpha value is -0.930. The summed E-state index contributed by atoms with van der Waals surface area (Å²) in [6.07, 6.45) is 14.5. The summed E-state index contributed by atoms with van der Waals surface area (Å²) in [6.45, 7) is 2.31. The van der Waals surface area contributed by atoms with E-state index in [0.717, 1.165) is 19.3 Å². The minimum absolute atomic E-state index is 0. The van der Waals surface area contributed by atoms with Crippen molar-refractivity contribution in [1.29, 1.82) is 0 Å². The van der Waals surface area contributed by atoms with Gasteiger partial charge in [0.15, 0.2) is 0 Å². The fourth-order valence-corrected chi connectivity index (χ4v) is 3.97. The molecule has 0 radical (unpaired) electrons. The van der Waals surface area contributed by atoms with E-state index in [4.69, 9.17) is 9.47 Å². The smallest absolute Gasteiger partial charge is 0.748 e. The Morgan fingerprint density at radius 2 is 1.09 bits per heavy atom. The van der Waals surface area contributed by atoms with Crippen LogP contribution in [0.3, 0.4) is 0 Å². The molecule has 9 heteroatoms. The first-order valence-corrected chi connectivity index (χ1v) is 13.8. The van der Waals surface area contributed by atoms with Gasteiger partial charge in [-0.25, -0.2) is 18.0 Å². The van der Waals surface area contributed by atoms with Crippen LogP contribution in [0.4, 0.5) is 0 Å². The topological polar surface area (TPSA) is 110 Å². The molecule has 7 nitrogen and oxygen atoms in total. The Morgan fingerprint density at radius 3 is 1.50 bits per heavy atom. The summed E-state index contributed by atoms with van der Waals surface area (Å²) in [6, 6.07) is 6.16. The molecule has 188 valence electrons. The summed E-state index contributed by atoms with van der Waals surface area (Å²) in [5.41, 5.74) is 0.167. The van der Waals surface area contributed by atoms with Gasteiger partial charge in [0.05, 0.1) is 34.5 Å². The molecule has 0 N–H and O–H groups in total. The van der Waals surface area contributed by atoms with E-state index in [2.05, 4.69) is 6.92 Å². The van der Waals surface area contributed by atoms with Gasteiger partial charge in [-0.15, -0.1) is 0 Å². The first kappa shape index (κ1) is 33.1. The van der Waals surface area contributed by atoms with Gasteiger partial charge in [-0.1, -0.05) is 89.7 Å². The summed E-state index contributed by atoms with van der Waals surface area (Å²) >= 11 is 0. The van der Waals surface area contributed by atoms with Crippen molar-refractivity contribution in [1.82, 2.24) is 0 Å². The van der Waals surface area contributed by atoms with Crippen LogP contribution in [0.15, 0.2) is 24.3 Å². The molecular formula is C25H39NaO7S. The molecule has 1 aromatic carbocycles. The molecule has 0 bridgehead atoms. The third-order valence-corrected chi connectivity index (χ3v) is 6.16. The van der Waals surface area contributed by atoms with Crippen molar-refractivity contribution in [2.24, 2.45) is 0 Å². The molecule has 0 saturated heterocycles. The van der Waals surface area contributed by atoms with Crippen molar-refractivity contribution in [3.63, 3.8) is 0 Å². The van der Waals surface area contributed by atoms with E-state index >= 15 is 0 Å². The van der Waals surface area contributed by atoms with Gasteiger partial charge in [0.2, 0.25) is 0 Å². The number of hydrogen-bond acceptors (Lipinski definition) is 7. The summed E-state index contributed by atoms with van der Waals surface area (Å²) in [5, 5.41) is 0. The maximum atomic E-state index is 12.4. The van der Waals surface area contributed by atoms with Crippen molar-refractivity contribution in [2.75, 3.05) is 19.0 Å². The molecule has 0 atom stereocenters. The maximum Gasteiger partial charge on any atom is 1.00 e. The summed E-state index contributed by atoms with van der Waals surface area (Å²) in [4.78, 5) is 24.6.